The highest BCUT2D eigenvalue weighted by Crippen LogP contribution is 2.33. The van der Waals surface area contributed by atoms with Crippen LogP contribution in [0.5, 0.6) is 0 Å². The van der Waals surface area contributed by atoms with Crippen LogP contribution in [0.25, 0.3) is 0 Å². The number of carbonyl (C=O) groups excluding carboxylic acids is 3. The van der Waals surface area contributed by atoms with Crippen LogP contribution in [0.1, 0.15) is 98.7 Å². The van der Waals surface area contributed by atoms with E-state index in [1.807, 2.05) is 18.2 Å². The van der Waals surface area contributed by atoms with Gasteiger partial charge in [0.2, 0.25) is 0 Å². The van der Waals surface area contributed by atoms with Crippen molar-refractivity contribution >= 4 is 35.0 Å². The highest BCUT2D eigenvalue weighted by atomic mass is 35.5. The molecule has 1 heterocycles. The molecular formula is C30H36ClN3O3. The van der Waals surface area contributed by atoms with E-state index in [0.717, 1.165) is 54.5 Å². The van der Waals surface area contributed by atoms with Gasteiger partial charge in [-0.2, -0.15) is 0 Å². The van der Waals surface area contributed by atoms with Crippen molar-refractivity contribution in [2.75, 3.05) is 5.32 Å². The fraction of sp³-hybridized carbons (Fsp3) is 0.433. The molecule has 4 rings (SSSR count). The first kappa shape index (κ1) is 26.9. The number of benzene rings is 2. The first-order valence-electron chi connectivity index (χ1n) is 13.2. The van der Waals surface area contributed by atoms with Crippen molar-refractivity contribution in [1.29, 1.82) is 0 Å². The highest BCUT2D eigenvalue weighted by Gasteiger charge is 2.41. The standard InChI is InChI=1S/C30H36ClN3O3/c1-18(2)23-11-8-12-24(19(3)4)26(23)33-28(35)21-15-13-20(14-16-21)17-32-27-25(31)29(36)34(30(27)37)22-9-6-5-7-10-22/h8,11-16,18-19,22,32H,5-7,9-10,17H2,1-4H3,(H,33,35). The summed E-state index contributed by atoms with van der Waals surface area (Å²) < 4.78 is 0. The normalized spacial score (nSPS) is 16.8. The lowest BCUT2D eigenvalue weighted by Crippen LogP contribution is -2.43. The van der Waals surface area contributed by atoms with Crippen LogP contribution in [0, 0.1) is 0 Å². The second-order valence-electron chi connectivity index (χ2n) is 10.6. The van der Waals surface area contributed by atoms with Gasteiger partial charge < -0.3 is 10.6 Å². The van der Waals surface area contributed by atoms with Crippen molar-refractivity contribution in [2.24, 2.45) is 0 Å². The Hall–Kier alpha value is -3.12. The summed E-state index contributed by atoms with van der Waals surface area (Å²) in [6.07, 6.45) is 4.83. The fourth-order valence-electron chi connectivity index (χ4n) is 5.19. The Morgan fingerprint density at radius 3 is 2.08 bits per heavy atom. The van der Waals surface area contributed by atoms with Gasteiger partial charge in [0.05, 0.1) is 0 Å². The van der Waals surface area contributed by atoms with Gasteiger partial charge in [0.15, 0.2) is 0 Å². The molecule has 0 saturated heterocycles. The SMILES string of the molecule is CC(C)c1cccc(C(C)C)c1NC(=O)c1ccc(CNC2=C(Cl)C(=O)N(C3CCCCC3)C2=O)cc1. The Bertz CT molecular complexity index is 1180. The molecule has 2 aliphatic rings. The Balaban J connectivity index is 1.42. The van der Waals surface area contributed by atoms with Gasteiger partial charge >= 0.3 is 0 Å². The van der Waals surface area contributed by atoms with E-state index in [2.05, 4.69) is 50.5 Å². The molecule has 7 heteroatoms. The number of nitrogens with one attached hydrogen (secondary N) is 2. The quantitative estimate of drug-likeness (QED) is 0.392. The smallest absolute Gasteiger partial charge is 0.278 e. The number of nitrogens with zero attached hydrogens (tertiary/aromatic N) is 1. The van der Waals surface area contributed by atoms with Crippen LogP contribution in [0.3, 0.4) is 0 Å². The van der Waals surface area contributed by atoms with Gasteiger partial charge in [-0.1, -0.05) is 88.9 Å². The van der Waals surface area contributed by atoms with Gasteiger partial charge in [0, 0.05) is 23.8 Å². The summed E-state index contributed by atoms with van der Waals surface area (Å²) in [5, 5.41) is 6.15. The third-order valence-electron chi connectivity index (χ3n) is 7.30. The Labute approximate surface area is 224 Å². The zero-order chi connectivity index (χ0) is 26.7. The van der Waals surface area contributed by atoms with Gasteiger partial charge in [-0.3, -0.25) is 19.3 Å². The van der Waals surface area contributed by atoms with Gasteiger partial charge in [-0.25, -0.2) is 0 Å². The molecule has 2 aromatic carbocycles. The van der Waals surface area contributed by atoms with E-state index < -0.39 is 5.91 Å². The minimum atomic E-state index is -0.407. The maximum absolute atomic E-state index is 13.1. The summed E-state index contributed by atoms with van der Waals surface area (Å²) in [5.41, 5.74) is 4.69. The first-order chi connectivity index (χ1) is 17.7. The van der Waals surface area contributed by atoms with E-state index in [0.29, 0.717) is 12.1 Å². The van der Waals surface area contributed by atoms with Gasteiger partial charge in [0.25, 0.3) is 17.7 Å². The van der Waals surface area contributed by atoms with Crippen LogP contribution >= 0.6 is 11.6 Å². The largest absolute Gasteiger partial charge is 0.375 e. The number of halogens is 1. The molecule has 0 bridgehead atoms. The number of carbonyl (C=O) groups is 3. The van der Waals surface area contributed by atoms with Crippen LogP contribution < -0.4 is 10.6 Å². The van der Waals surface area contributed by atoms with Crippen molar-refractivity contribution in [3.63, 3.8) is 0 Å². The molecule has 37 heavy (non-hydrogen) atoms. The van der Waals surface area contributed by atoms with Crippen molar-refractivity contribution in [3.05, 3.63) is 75.4 Å². The maximum atomic E-state index is 13.1. The van der Waals surface area contributed by atoms with Crippen LogP contribution in [0.15, 0.2) is 53.2 Å². The van der Waals surface area contributed by atoms with Gasteiger partial charge in [0.1, 0.15) is 10.7 Å². The molecule has 0 aromatic heterocycles. The first-order valence-corrected chi connectivity index (χ1v) is 13.6. The molecule has 1 aliphatic carbocycles. The number of rotatable bonds is 8. The molecule has 0 spiro atoms. The predicted molar refractivity (Wildman–Crippen MR) is 147 cm³/mol. The number of hydrogen-bond donors (Lipinski definition) is 2. The molecule has 3 amide bonds. The molecule has 1 fully saturated rings. The van der Waals surface area contributed by atoms with E-state index in [4.69, 9.17) is 11.6 Å². The van der Waals surface area contributed by atoms with E-state index in [1.165, 1.54) is 4.90 Å². The van der Waals surface area contributed by atoms with E-state index in [1.54, 1.807) is 12.1 Å². The summed E-state index contributed by atoms with van der Waals surface area (Å²) in [4.78, 5) is 40.1. The molecule has 6 nitrogen and oxygen atoms in total. The van der Waals surface area contributed by atoms with Gasteiger partial charge in [-0.15, -0.1) is 0 Å². The number of para-hydroxylation sites is 1. The fourth-order valence-corrected chi connectivity index (χ4v) is 5.43. The lowest BCUT2D eigenvalue weighted by molar-refractivity contribution is -0.140. The molecule has 0 unspecified atom stereocenters. The van der Waals surface area contributed by atoms with Crippen molar-refractivity contribution in [2.45, 2.75) is 84.2 Å². The second-order valence-corrected chi connectivity index (χ2v) is 11.0. The summed E-state index contributed by atoms with van der Waals surface area (Å²) >= 11 is 6.27. The molecule has 1 aliphatic heterocycles. The molecule has 196 valence electrons. The van der Waals surface area contributed by atoms with Crippen LogP contribution in [-0.4, -0.2) is 28.7 Å². The molecule has 0 radical (unpaired) electrons. The topological polar surface area (TPSA) is 78.5 Å². The average molecular weight is 522 g/mol. The molecular weight excluding hydrogens is 486 g/mol. The Morgan fingerprint density at radius 1 is 0.919 bits per heavy atom. The molecule has 1 saturated carbocycles. The highest BCUT2D eigenvalue weighted by molar-refractivity contribution is 6.47. The zero-order valence-electron chi connectivity index (χ0n) is 22.1. The summed E-state index contributed by atoms with van der Waals surface area (Å²) in [5.74, 6) is -0.358. The number of imide groups is 1. The Kier molecular flexibility index (Phi) is 8.38. The third kappa shape index (κ3) is 5.74. The van der Waals surface area contributed by atoms with Crippen molar-refractivity contribution in [1.82, 2.24) is 10.2 Å². The van der Waals surface area contributed by atoms with Crippen LogP contribution in [-0.2, 0) is 16.1 Å². The molecule has 2 N–H and O–H groups in total. The minimum absolute atomic E-state index is 0.0451. The number of hydrogen-bond acceptors (Lipinski definition) is 4. The monoisotopic (exact) mass is 521 g/mol. The van der Waals surface area contributed by atoms with Gasteiger partial charge in [-0.05, 0) is 53.5 Å². The van der Waals surface area contributed by atoms with Crippen molar-refractivity contribution in [3.8, 4) is 0 Å². The summed E-state index contributed by atoms with van der Waals surface area (Å²) in [6.45, 7) is 8.80. The number of amides is 3. The Morgan fingerprint density at radius 2 is 1.51 bits per heavy atom. The lowest BCUT2D eigenvalue weighted by Gasteiger charge is -2.29. The third-order valence-corrected chi connectivity index (χ3v) is 7.65. The second kappa shape index (κ2) is 11.5. The van der Waals surface area contributed by atoms with Crippen LogP contribution in [0.4, 0.5) is 5.69 Å². The molecule has 0 atom stereocenters. The van der Waals surface area contributed by atoms with E-state index >= 15 is 0 Å². The lowest BCUT2D eigenvalue weighted by atomic mass is 9.92. The average Bonchev–Trinajstić information content (AvgIpc) is 3.10. The summed E-state index contributed by atoms with van der Waals surface area (Å²) in [7, 11) is 0. The summed E-state index contributed by atoms with van der Waals surface area (Å²) in [6, 6.07) is 13.3. The predicted octanol–water partition coefficient (Wildman–Crippen LogP) is 6.43. The van der Waals surface area contributed by atoms with Crippen LogP contribution in [0.2, 0.25) is 0 Å². The zero-order valence-corrected chi connectivity index (χ0v) is 22.8. The number of anilines is 1. The molecule has 2 aromatic rings. The maximum Gasteiger partial charge on any atom is 0.278 e. The van der Waals surface area contributed by atoms with E-state index in [-0.39, 0.29) is 40.4 Å². The minimum Gasteiger partial charge on any atom is -0.375 e. The van der Waals surface area contributed by atoms with E-state index in [9.17, 15) is 14.4 Å². The van der Waals surface area contributed by atoms with Crippen molar-refractivity contribution < 1.29 is 14.4 Å².